The summed E-state index contributed by atoms with van der Waals surface area (Å²) in [5.74, 6) is -0.0770. The average Bonchev–Trinajstić information content (AvgIpc) is 2.15. The van der Waals surface area contributed by atoms with Crippen molar-refractivity contribution in [3.05, 3.63) is 39.2 Å². The molecule has 1 aromatic carbocycles. The molecule has 0 spiro atoms. The molecule has 0 saturated carbocycles. The zero-order valence-corrected chi connectivity index (χ0v) is 8.04. The van der Waals surface area contributed by atoms with E-state index in [9.17, 15) is 9.90 Å². The molecule has 0 atom stereocenters. The molecule has 0 fully saturated rings. The van der Waals surface area contributed by atoms with Gasteiger partial charge in [0.1, 0.15) is 15.8 Å². The Labute approximate surface area is 81.7 Å². The van der Waals surface area contributed by atoms with Crippen LogP contribution in [0.4, 0.5) is 0 Å². The van der Waals surface area contributed by atoms with Gasteiger partial charge in [-0.2, -0.15) is 0 Å². The summed E-state index contributed by atoms with van der Waals surface area (Å²) in [4.78, 5) is 11.1. The van der Waals surface area contributed by atoms with E-state index in [2.05, 4.69) is 15.9 Å². The Morgan fingerprint density at radius 1 is 1.31 bits per heavy atom. The van der Waals surface area contributed by atoms with Gasteiger partial charge in [0.25, 0.3) is 0 Å². The molecule has 1 heterocycles. The summed E-state index contributed by atoms with van der Waals surface area (Å²) in [6, 6.07) is 6.80. The second kappa shape index (κ2) is 2.88. The van der Waals surface area contributed by atoms with Crippen molar-refractivity contribution in [1.29, 1.82) is 0 Å². The molecular formula is C9H5BrO3. The van der Waals surface area contributed by atoms with E-state index in [0.717, 1.165) is 0 Å². The zero-order chi connectivity index (χ0) is 9.42. The SMILES string of the molecule is O=c1oc2ccccc2c(O)c1Br. The molecule has 66 valence electrons. The van der Waals surface area contributed by atoms with Crippen molar-refractivity contribution in [1.82, 2.24) is 0 Å². The summed E-state index contributed by atoms with van der Waals surface area (Å²) in [5, 5.41) is 10.1. The van der Waals surface area contributed by atoms with Crippen molar-refractivity contribution < 1.29 is 9.52 Å². The number of fused-ring (bicyclic) bond motifs is 1. The smallest absolute Gasteiger partial charge is 0.354 e. The Hall–Kier alpha value is -1.29. The van der Waals surface area contributed by atoms with Crippen LogP contribution < -0.4 is 5.63 Å². The Morgan fingerprint density at radius 2 is 2.00 bits per heavy atom. The number of rotatable bonds is 0. The van der Waals surface area contributed by atoms with E-state index in [4.69, 9.17) is 4.42 Å². The minimum Gasteiger partial charge on any atom is -0.506 e. The molecule has 1 N–H and O–H groups in total. The summed E-state index contributed by atoms with van der Waals surface area (Å²) in [6.45, 7) is 0. The van der Waals surface area contributed by atoms with Crippen LogP contribution in [-0.4, -0.2) is 5.11 Å². The molecule has 1 aromatic heterocycles. The van der Waals surface area contributed by atoms with Gasteiger partial charge >= 0.3 is 5.63 Å². The maximum atomic E-state index is 11.1. The predicted octanol–water partition coefficient (Wildman–Crippen LogP) is 2.26. The Morgan fingerprint density at radius 3 is 2.77 bits per heavy atom. The van der Waals surface area contributed by atoms with Crippen molar-refractivity contribution >= 4 is 26.9 Å². The lowest BCUT2D eigenvalue weighted by molar-refractivity contribution is 0.462. The molecule has 0 aliphatic rings. The molecule has 0 aliphatic carbocycles. The third-order valence-corrected chi connectivity index (χ3v) is 2.43. The van der Waals surface area contributed by atoms with Gasteiger partial charge in [0.15, 0.2) is 0 Å². The largest absolute Gasteiger partial charge is 0.506 e. The summed E-state index contributed by atoms with van der Waals surface area (Å²) in [7, 11) is 0. The molecule has 13 heavy (non-hydrogen) atoms. The molecular weight excluding hydrogens is 236 g/mol. The highest BCUT2D eigenvalue weighted by atomic mass is 79.9. The fraction of sp³-hybridized carbons (Fsp3) is 0. The summed E-state index contributed by atoms with van der Waals surface area (Å²) >= 11 is 2.94. The fourth-order valence-corrected chi connectivity index (χ4v) is 1.41. The number of para-hydroxylation sites is 1. The lowest BCUT2D eigenvalue weighted by Crippen LogP contribution is -1.99. The van der Waals surface area contributed by atoms with Crippen LogP contribution in [0.3, 0.4) is 0 Å². The maximum Gasteiger partial charge on any atom is 0.354 e. The van der Waals surface area contributed by atoms with Gasteiger partial charge in [0, 0.05) is 0 Å². The third-order valence-electron chi connectivity index (χ3n) is 1.73. The first-order valence-corrected chi connectivity index (χ1v) is 4.40. The van der Waals surface area contributed by atoms with Crippen molar-refractivity contribution in [2.75, 3.05) is 0 Å². The average molecular weight is 241 g/mol. The monoisotopic (exact) mass is 240 g/mol. The van der Waals surface area contributed by atoms with Crippen LogP contribution in [0.2, 0.25) is 0 Å². The van der Waals surface area contributed by atoms with Crippen LogP contribution in [0.5, 0.6) is 5.75 Å². The molecule has 0 bridgehead atoms. The molecule has 2 rings (SSSR count). The number of halogens is 1. The second-order valence-corrected chi connectivity index (χ2v) is 3.34. The molecule has 3 nitrogen and oxygen atoms in total. The molecule has 0 aliphatic heterocycles. The van der Waals surface area contributed by atoms with E-state index in [1.807, 2.05) is 0 Å². The van der Waals surface area contributed by atoms with Gasteiger partial charge in [-0.05, 0) is 28.1 Å². The Kier molecular flexibility index (Phi) is 1.84. The Bertz CT molecular complexity index is 516. The van der Waals surface area contributed by atoms with E-state index in [1.165, 1.54) is 0 Å². The summed E-state index contributed by atoms with van der Waals surface area (Å²) < 4.78 is 4.97. The number of benzene rings is 1. The summed E-state index contributed by atoms with van der Waals surface area (Å²) in [6.07, 6.45) is 0. The van der Waals surface area contributed by atoms with Crippen LogP contribution in [0.15, 0.2) is 37.9 Å². The quantitative estimate of drug-likeness (QED) is 0.719. The molecule has 2 aromatic rings. The minimum atomic E-state index is -0.573. The van der Waals surface area contributed by atoms with Crippen LogP contribution in [0.1, 0.15) is 0 Å². The fourth-order valence-electron chi connectivity index (χ4n) is 1.11. The normalized spacial score (nSPS) is 10.5. The van der Waals surface area contributed by atoms with Crippen LogP contribution in [-0.2, 0) is 0 Å². The van der Waals surface area contributed by atoms with Crippen LogP contribution in [0, 0.1) is 0 Å². The van der Waals surface area contributed by atoms with Crippen molar-refractivity contribution in [3.63, 3.8) is 0 Å². The highest BCUT2D eigenvalue weighted by molar-refractivity contribution is 9.10. The molecule has 0 amide bonds. The zero-order valence-electron chi connectivity index (χ0n) is 6.45. The van der Waals surface area contributed by atoms with Gasteiger partial charge in [0.2, 0.25) is 0 Å². The predicted molar refractivity (Wildman–Crippen MR) is 51.8 cm³/mol. The van der Waals surface area contributed by atoms with Crippen LogP contribution >= 0.6 is 15.9 Å². The third kappa shape index (κ3) is 1.23. The van der Waals surface area contributed by atoms with Crippen molar-refractivity contribution in [2.24, 2.45) is 0 Å². The van der Waals surface area contributed by atoms with Gasteiger partial charge in [-0.25, -0.2) is 4.79 Å². The number of hydrogen-bond acceptors (Lipinski definition) is 3. The van der Waals surface area contributed by atoms with E-state index < -0.39 is 5.63 Å². The topological polar surface area (TPSA) is 50.4 Å². The van der Waals surface area contributed by atoms with Gasteiger partial charge in [-0.15, -0.1) is 0 Å². The highest BCUT2D eigenvalue weighted by Gasteiger charge is 2.09. The lowest BCUT2D eigenvalue weighted by Gasteiger charge is -1.99. The molecule has 4 heteroatoms. The van der Waals surface area contributed by atoms with Gasteiger partial charge < -0.3 is 9.52 Å². The van der Waals surface area contributed by atoms with Crippen LogP contribution in [0.25, 0.3) is 11.0 Å². The lowest BCUT2D eigenvalue weighted by atomic mass is 10.2. The first kappa shape index (κ1) is 8.31. The van der Waals surface area contributed by atoms with Gasteiger partial charge in [0.05, 0.1) is 5.39 Å². The molecule has 0 radical (unpaired) electrons. The first-order valence-electron chi connectivity index (χ1n) is 3.60. The van der Waals surface area contributed by atoms with Gasteiger partial charge in [-0.1, -0.05) is 12.1 Å². The van der Waals surface area contributed by atoms with E-state index in [-0.39, 0.29) is 10.2 Å². The Balaban J connectivity index is 3.02. The first-order chi connectivity index (χ1) is 6.20. The summed E-state index contributed by atoms with van der Waals surface area (Å²) in [5.41, 5.74) is -0.190. The van der Waals surface area contributed by atoms with E-state index >= 15 is 0 Å². The van der Waals surface area contributed by atoms with Gasteiger partial charge in [-0.3, -0.25) is 0 Å². The maximum absolute atomic E-state index is 11.1. The highest BCUT2D eigenvalue weighted by Crippen LogP contribution is 2.28. The molecule has 0 unspecified atom stereocenters. The number of aromatic hydroxyl groups is 1. The number of hydrogen-bond donors (Lipinski definition) is 1. The van der Waals surface area contributed by atoms with Crippen molar-refractivity contribution in [3.8, 4) is 5.75 Å². The van der Waals surface area contributed by atoms with E-state index in [1.54, 1.807) is 24.3 Å². The second-order valence-electron chi connectivity index (χ2n) is 2.55. The van der Waals surface area contributed by atoms with E-state index in [0.29, 0.717) is 11.0 Å². The minimum absolute atomic E-state index is 0.0613. The standard InChI is InChI=1S/C9H5BrO3/c10-7-8(11)5-3-1-2-4-6(5)13-9(7)12/h1-4,11H. The van der Waals surface area contributed by atoms with Crippen molar-refractivity contribution in [2.45, 2.75) is 0 Å². The molecule has 0 saturated heterocycles.